The van der Waals surface area contributed by atoms with Crippen LogP contribution < -0.4 is 5.32 Å². The molecule has 3 unspecified atom stereocenters. The van der Waals surface area contributed by atoms with Crippen molar-refractivity contribution in [3.63, 3.8) is 0 Å². The highest BCUT2D eigenvalue weighted by atomic mass is 35.5. The first kappa shape index (κ1) is 18.0. The normalized spacial score (nSPS) is 23.3. The summed E-state index contributed by atoms with van der Waals surface area (Å²) >= 11 is 0. The molecule has 0 aromatic heterocycles. The highest BCUT2D eigenvalue weighted by Gasteiger charge is 2.33. The third-order valence-electron chi connectivity index (χ3n) is 3.77. The molecule has 0 spiro atoms. The number of amides is 1. The molecule has 1 saturated heterocycles. The third kappa shape index (κ3) is 4.43. The zero-order valence-corrected chi connectivity index (χ0v) is 13.7. The van der Waals surface area contributed by atoms with Gasteiger partial charge in [-0.15, -0.1) is 12.4 Å². The quantitative estimate of drug-likeness (QED) is 0.927. The van der Waals surface area contributed by atoms with Gasteiger partial charge in [0.05, 0.1) is 18.8 Å². The fourth-order valence-corrected chi connectivity index (χ4v) is 2.67. The fraction of sp³-hybridized carbons (Fsp3) is 0.562. The van der Waals surface area contributed by atoms with Crippen LogP contribution in [0.5, 0.6) is 0 Å². The molecule has 4 nitrogen and oxygen atoms in total. The molecule has 1 aliphatic heterocycles. The molecule has 0 bridgehead atoms. The van der Waals surface area contributed by atoms with Gasteiger partial charge in [-0.05, 0) is 19.5 Å². The number of carbonyl (C=O) groups excluding carboxylic acids is 1. The van der Waals surface area contributed by atoms with Crippen molar-refractivity contribution in [3.8, 4) is 0 Å². The number of nitrogens with zero attached hydrogens (tertiary/aromatic N) is 1. The molecule has 3 atom stereocenters. The average Bonchev–Trinajstić information content (AvgIpc) is 2.47. The van der Waals surface area contributed by atoms with Gasteiger partial charge in [-0.1, -0.05) is 37.3 Å². The molecule has 0 radical (unpaired) electrons. The Hall–Kier alpha value is -1.10. The molecule has 0 aliphatic carbocycles. The molecule has 0 saturated carbocycles. The Balaban J connectivity index is 0.00000220. The number of benzene rings is 1. The van der Waals surface area contributed by atoms with Crippen molar-refractivity contribution in [1.82, 2.24) is 10.2 Å². The van der Waals surface area contributed by atoms with E-state index in [1.165, 1.54) is 0 Å². The van der Waals surface area contributed by atoms with Crippen LogP contribution >= 0.6 is 12.4 Å². The topological polar surface area (TPSA) is 41.6 Å². The lowest BCUT2D eigenvalue weighted by molar-refractivity contribution is -0.148. The van der Waals surface area contributed by atoms with E-state index in [9.17, 15) is 4.79 Å². The second-order valence-electron chi connectivity index (χ2n) is 5.52. The van der Waals surface area contributed by atoms with Crippen molar-refractivity contribution in [1.29, 1.82) is 0 Å². The minimum absolute atomic E-state index is 0. The van der Waals surface area contributed by atoms with Crippen LogP contribution in [0.1, 0.15) is 25.5 Å². The number of halogens is 1. The minimum Gasteiger partial charge on any atom is -0.374 e. The Labute approximate surface area is 133 Å². The number of hydrogen-bond acceptors (Lipinski definition) is 3. The van der Waals surface area contributed by atoms with E-state index in [2.05, 4.69) is 17.4 Å². The highest BCUT2D eigenvalue weighted by Crippen LogP contribution is 2.27. The monoisotopic (exact) mass is 312 g/mol. The fourth-order valence-electron chi connectivity index (χ4n) is 2.67. The molecule has 1 fully saturated rings. The van der Waals surface area contributed by atoms with E-state index in [-0.39, 0.29) is 36.4 Å². The smallest absolute Gasteiger partial charge is 0.227 e. The van der Waals surface area contributed by atoms with Gasteiger partial charge in [-0.3, -0.25) is 4.79 Å². The molecule has 118 valence electrons. The van der Waals surface area contributed by atoms with Crippen molar-refractivity contribution in [2.24, 2.45) is 5.92 Å². The zero-order valence-electron chi connectivity index (χ0n) is 12.9. The maximum atomic E-state index is 12.6. The number of morpholine rings is 1. The van der Waals surface area contributed by atoms with E-state index in [1.54, 1.807) is 0 Å². The molecule has 1 heterocycles. The molecule has 2 rings (SSSR count). The van der Waals surface area contributed by atoms with Crippen LogP contribution in [0.4, 0.5) is 0 Å². The van der Waals surface area contributed by atoms with Gasteiger partial charge in [0.25, 0.3) is 0 Å². The molecule has 1 aliphatic rings. The van der Waals surface area contributed by atoms with E-state index >= 15 is 0 Å². The van der Waals surface area contributed by atoms with Crippen molar-refractivity contribution in [3.05, 3.63) is 35.9 Å². The maximum absolute atomic E-state index is 12.6. The van der Waals surface area contributed by atoms with Crippen LogP contribution in [-0.2, 0) is 9.53 Å². The predicted molar refractivity (Wildman–Crippen MR) is 86.6 cm³/mol. The van der Waals surface area contributed by atoms with Gasteiger partial charge in [0.15, 0.2) is 0 Å². The van der Waals surface area contributed by atoms with Gasteiger partial charge in [-0.2, -0.15) is 0 Å². The van der Waals surface area contributed by atoms with Crippen LogP contribution in [0.25, 0.3) is 0 Å². The zero-order chi connectivity index (χ0) is 14.5. The third-order valence-corrected chi connectivity index (χ3v) is 3.77. The van der Waals surface area contributed by atoms with E-state index in [0.717, 1.165) is 5.56 Å². The van der Waals surface area contributed by atoms with Gasteiger partial charge >= 0.3 is 0 Å². The Morgan fingerprint density at radius 2 is 2.10 bits per heavy atom. The van der Waals surface area contributed by atoms with Crippen LogP contribution in [-0.4, -0.2) is 43.7 Å². The summed E-state index contributed by atoms with van der Waals surface area (Å²) in [5, 5.41) is 3.07. The van der Waals surface area contributed by atoms with Crippen molar-refractivity contribution in [2.45, 2.75) is 26.0 Å². The summed E-state index contributed by atoms with van der Waals surface area (Å²) in [6.45, 7) is 5.92. The number of ether oxygens (including phenoxy) is 1. The Morgan fingerprint density at radius 1 is 1.43 bits per heavy atom. The van der Waals surface area contributed by atoms with Crippen molar-refractivity contribution >= 4 is 18.3 Å². The molecule has 1 aromatic rings. The first-order valence-electron chi connectivity index (χ1n) is 7.25. The first-order valence-corrected chi connectivity index (χ1v) is 7.25. The second-order valence-corrected chi connectivity index (χ2v) is 5.52. The molecule has 21 heavy (non-hydrogen) atoms. The highest BCUT2D eigenvalue weighted by molar-refractivity contribution is 5.85. The van der Waals surface area contributed by atoms with E-state index < -0.39 is 0 Å². The molecule has 1 aromatic carbocycles. The molecule has 1 amide bonds. The lowest BCUT2D eigenvalue weighted by atomic mass is 10.0. The minimum atomic E-state index is -0.0171. The number of carbonyl (C=O) groups is 1. The van der Waals surface area contributed by atoms with Gasteiger partial charge in [0, 0.05) is 19.0 Å². The number of rotatable bonds is 4. The SMILES string of the molecule is CNCC(C)C(=O)N1CC(C)OCC1c1ccccc1.Cl. The van der Waals surface area contributed by atoms with Crippen LogP contribution in [0, 0.1) is 5.92 Å². The summed E-state index contributed by atoms with van der Waals surface area (Å²) < 4.78 is 5.76. The number of nitrogens with one attached hydrogen (secondary N) is 1. The Morgan fingerprint density at radius 3 is 2.71 bits per heavy atom. The molecular weight excluding hydrogens is 288 g/mol. The van der Waals surface area contributed by atoms with Gasteiger partial charge in [0.1, 0.15) is 0 Å². The van der Waals surface area contributed by atoms with Crippen LogP contribution in [0.3, 0.4) is 0 Å². The predicted octanol–water partition coefficient (Wildman–Crippen LogP) is 2.25. The van der Waals surface area contributed by atoms with E-state index in [1.807, 2.05) is 44.0 Å². The summed E-state index contributed by atoms with van der Waals surface area (Å²) in [6, 6.07) is 10.2. The van der Waals surface area contributed by atoms with Crippen LogP contribution in [0.2, 0.25) is 0 Å². The molecule has 5 heteroatoms. The molecule has 1 N–H and O–H groups in total. The standard InChI is InChI=1S/C16H24N2O2.ClH/c1-12(9-17-3)16(19)18-10-13(2)20-11-15(18)14-7-5-4-6-8-14;/h4-8,12-13,15,17H,9-11H2,1-3H3;1H. The van der Waals surface area contributed by atoms with Crippen molar-refractivity contribution < 1.29 is 9.53 Å². The van der Waals surface area contributed by atoms with Crippen molar-refractivity contribution in [2.75, 3.05) is 26.7 Å². The van der Waals surface area contributed by atoms with E-state index in [0.29, 0.717) is 19.7 Å². The van der Waals surface area contributed by atoms with E-state index in [4.69, 9.17) is 4.74 Å². The average molecular weight is 313 g/mol. The summed E-state index contributed by atoms with van der Waals surface area (Å²) in [5.74, 6) is 0.180. The Bertz CT molecular complexity index is 441. The van der Waals surface area contributed by atoms with Gasteiger partial charge in [-0.25, -0.2) is 0 Å². The second kappa shape index (κ2) is 8.37. The Kier molecular flexibility index (Phi) is 7.15. The lowest BCUT2D eigenvalue weighted by Gasteiger charge is -2.40. The summed E-state index contributed by atoms with van der Waals surface area (Å²) in [6.07, 6.45) is 0.0979. The van der Waals surface area contributed by atoms with Gasteiger partial charge < -0.3 is 15.0 Å². The van der Waals surface area contributed by atoms with Crippen LogP contribution in [0.15, 0.2) is 30.3 Å². The number of hydrogen-bond donors (Lipinski definition) is 1. The summed E-state index contributed by atoms with van der Waals surface area (Å²) in [5.41, 5.74) is 1.14. The summed E-state index contributed by atoms with van der Waals surface area (Å²) in [4.78, 5) is 14.6. The van der Waals surface area contributed by atoms with Gasteiger partial charge in [0.2, 0.25) is 5.91 Å². The summed E-state index contributed by atoms with van der Waals surface area (Å²) in [7, 11) is 1.88. The first-order chi connectivity index (χ1) is 9.63. The largest absolute Gasteiger partial charge is 0.374 e. The molecular formula is C16H25ClN2O2. The maximum Gasteiger partial charge on any atom is 0.227 e. The lowest BCUT2D eigenvalue weighted by Crippen LogP contribution is -2.49.